The van der Waals surface area contributed by atoms with Crippen LogP contribution in [0.1, 0.15) is 36.3 Å². The third-order valence-corrected chi connectivity index (χ3v) is 4.04. The number of carbonyl (C=O) groups is 2. The van der Waals surface area contributed by atoms with Crippen molar-refractivity contribution < 1.29 is 9.59 Å². The van der Waals surface area contributed by atoms with E-state index in [1.165, 1.54) is 0 Å². The van der Waals surface area contributed by atoms with E-state index in [1.54, 1.807) is 0 Å². The number of aliphatic imine (C=N–C) groups is 1. The molecule has 5 nitrogen and oxygen atoms in total. The second kappa shape index (κ2) is 5.77. The molecule has 2 aliphatic heterocycles. The fraction of sp³-hybridized carbons (Fsp3) is 0.438. The number of benzene rings is 1. The van der Waals surface area contributed by atoms with Crippen LogP contribution in [0.25, 0.3) is 0 Å². The molecule has 2 amide bonds. The van der Waals surface area contributed by atoms with Crippen LogP contribution in [0.15, 0.2) is 29.3 Å². The smallest absolute Gasteiger partial charge is 0.264 e. The van der Waals surface area contributed by atoms with Crippen molar-refractivity contribution in [1.82, 2.24) is 10.6 Å². The lowest BCUT2D eigenvalue weighted by atomic mass is 9.94. The fourth-order valence-corrected chi connectivity index (χ4v) is 2.82. The lowest BCUT2D eigenvalue weighted by Gasteiger charge is -2.28. The standard InChI is InChI=1S/C16H19N3O2/c1-10-5-7-11(8-6-10)13-15(20)18-14(19-16(13)21)12-4-2-3-9-17-12/h5-8,12-13,17H,2-4,9H2,1H3,(H,18,19,20,21). The highest BCUT2D eigenvalue weighted by Crippen LogP contribution is 2.22. The number of piperidine rings is 1. The number of amides is 2. The highest BCUT2D eigenvalue weighted by molar-refractivity contribution is 6.20. The van der Waals surface area contributed by atoms with Gasteiger partial charge in [0.05, 0.1) is 6.04 Å². The lowest BCUT2D eigenvalue weighted by Crippen LogP contribution is -2.53. The van der Waals surface area contributed by atoms with Crippen molar-refractivity contribution in [3.05, 3.63) is 35.4 Å². The van der Waals surface area contributed by atoms with Crippen LogP contribution in [0.2, 0.25) is 0 Å². The zero-order valence-electron chi connectivity index (χ0n) is 12.1. The van der Waals surface area contributed by atoms with Gasteiger partial charge in [0, 0.05) is 0 Å². The Labute approximate surface area is 123 Å². The van der Waals surface area contributed by atoms with Crippen molar-refractivity contribution in [3.8, 4) is 0 Å². The van der Waals surface area contributed by atoms with Crippen LogP contribution in [0, 0.1) is 6.92 Å². The van der Waals surface area contributed by atoms with Crippen LogP contribution in [-0.2, 0) is 9.59 Å². The molecule has 2 atom stereocenters. The van der Waals surface area contributed by atoms with Gasteiger partial charge in [-0.1, -0.05) is 36.2 Å². The summed E-state index contributed by atoms with van der Waals surface area (Å²) in [5.74, 6) is -0.989. The molecule has 1 aromatic carbocycles. The van der Waals surface area contributed by atoms with E-state index in [0.717, 1.165) is 31.4 Å². The molecule has 0 aromatic heterocycles. The minimum absolute atomic E-state index is 0.00869. The summed E-state index contributed by atoms with van der Waals surface area (Å²) >= 11 is 0. The third-order valence-electron chi connectivity index (χ3n) is 4.04. The van der Waals surface area contributed by atoms with Crippen molar-refractivity contribution in [1.29, 1.82) is 0 Å². The number of carbonyl (C=O) groups excluding carboxylic acids is 2. The second-order valence-electron chi connectivity index (χ2n) is 5.67. The van der Waals surface area contributed by atoms with E-state index in [4.69, 9.17) is 0 Å². The quantitative estimate of drug-likeness (QED) is 0.804. The summed E-state index contributed by atoms with van der Waals surface area (Å²) < 4.78 is 0. The first kappa shape index (κ1) is 13.9. The molecule has 21 heavy (non-hydrogen) atoms. The predicted octanol–water partition coefficient (Wildman–Crippen LogP) is 1.28. The van der Waals surface area contributed by atoms with E-state index >= 15 is 0 Å². The molecule has 0 aliphatic carbocycles. The molecule has 2 unspecified atom stereocenters. The molecule has 1 aromatic rings. The van der Waals surface area contributed by atoms with Gasteiger partial charge in [-0.3, -0.25) is 9.59 Å². The van der Waals surface area contributed by atoms with E-state index in [0.29, 0.717) is 11.4 Å². The first-order valence-electron chi connectivity index (χ1n) is 7.38. The monoisotopic (exact) mass is 285 g/mol. The Bertz CT molecular complexity index is 586. The van der Waals surface area contributed by atoms with Crippen LogP contribution >= 0.6 is 0 Å². The maximum Gasteiger partial charge on any atom is 0.264 e. The topological polar surface area (TPSA) is 70.6 Å². The van der Waals surface area contributed by atoms with Crippen LogP contribution in [0.4, 0.5) is 0 Å². The molecule has 2 N–H and O–H groups in total. The highest BCUT2D eigenvalue weighted by Gasteiger charge is 2.35. The van der Waals surface area contributed by atoms with Gasteiger partial charge < -0.3 is 10.6 Å². The molecule has 1 fully saturated rings. The number of aryl methyl sites for hydroxylation is 1. The number of nitrogens with zero attached hydrogens (tertiary/aromatic N) is 1. The molecule has 110 valence electrons. The SMILES string of the molecule is Cc1ccc(C2C(=O)N=C(C3CCCCN3)NC2=O)cc1. The maximum absolute atomic E-state index is 12.3. The minimum Gasteiger partial charge on any atom is -0.312 e. The fourth-order valence-electron chi connectivity index (χ4n) is 2.82. The van der Waals surface area contributed by atoms with Crippen LogP contribution < -0.4 is 10.6 Å². The summed E-state index contributed by atoms with van der Waals surface area (Å²) in [5.41, 5.74) is 1.79. The van der Waals surface area contributed by atoms with Gasteiger partial charge in [-0.15, -0.1) is 0 Å². The summed E-state index contributed by atoms with van der Waals surface area (Å²) in [6.07, 6.45) is 3.11. The number of hydrogen-bond donors (Lipinski definition) is 2. The van der Waals surface area contributed by atoms with Crippen molar-refractivity contribution in [2.24, 2.45) is 4.99 Å². The Kier molecular flexibility index (Phi) is 3.84. The average molecular weight is 285 g/mol. The molecule has 0 saturated carbocycles. The molecule has 2 aliphatic rings. The molecule has 2 heterocycles. The largest absolute Gasteiger partial charge is 0.312 e. The van der Waals surface area contributed by atoms with E-state index in [1.807, 2.05) is 31.2 Å². The Morgan fingerprint density at radius 2 is 1.90 bits per heavy atom. The number of nitrogens with one attached hydrogen (secondary N) is 2. The number of amidine groups is 1. The molecular formula is C16H19N3O2. The zero-order valence-corrected chi connectivity index (χ0v) is 12.1. The van der Waals surface area contributed by atoms with Gasteiger partial charge in [-0.2, -0.15) is 4.99 Å². The van der Waals surface area contributed by atoms with E-state index in [2.05, 4.69) is 15.6 Å². The summed E-state index contributed by atoms with van der Waals surface area (Å²) in [6, 6.07) is 7.43. The van der Waals surface area contributed by atoms with Crippen molar-refractivity contribution in [2.45, 2.75) is 38.1 Å². The molecule has 5 heteroatoms. The highest BCUT2D eigenvalue weighted by atomic mass is 16.2. The van der Waals surface area contributed by atoms with Gasteiger partial charge in [0.15, 0.2) is 0 Å². The van der Waals surface area contributed by atoms with E-state index < -0.39 is 5.92 Å². The summed E-state index contributed by atoms with van der Waals surface area (Å²) in [4.78, 5) is 28.7. The predicted molar refractivity (Wildman–Crippen MR) is 80.1 cm³/mol. The van der Waals surface area contributed by atoms with E-state index in [-0.39, 0.29) is 17.9 Å². The van der Waals surface area contributed by atoms with Crippen molar-refractivity contribution in [3.63, 3.8) is 0 Å². The van der Waals surface area contributed by atoms with Gasteiger partial charge >= 0.3 is 0 Å². The van der Waals surface area contributed by atoms with Gasteiger partial charge in [0.1, 0.15) is 11.8 Å². The Hall–Kier alpha value is -2.01. The summed E-state index contributed by atoms with van der Waals surface area (Å²) in [5, 5.41) is 6.10. The first-order chi connectivity index (χ1) is 10.1. The molecule has 0 spiro atoms. The first-order valence-corrected chi connectivity index (χ1v) is 7.38. The van der Waals surface area contributed by atoms with Crippen LogP contribution in [0.5, 0.6) is 0 Å². The number of rotatable bonds is 2. The molecule has 3 rings (SSSR count). The molecular weight excluding hydrogens is 266 g/mol. The third kappa shape index (κ3) is 2.88. The molecule has 0 bridgehead atoms. The summed E-state index contributed by atoms with van der Waals surface area (Å²) in [6.45, 7) is 2.87. The number of hydrogen-bond acceptors (Lipinski definition) is 3. The van der Waals surface area contributed by atoms with Crippen molar-refractivity contribution >= 4 is 17.6 Å². The Morgan fingerprint density at radius 1 is 1.14 bits per heavy atom. The van der Waals surface area contributed by atoms with E-state index in [9.17, 15) is 9.59 Å². The molecule has 1 saturated heterocycles. The zero-order chi connectivity index (χ0) is 14.8. The maximum atomic E-state index is 12.3. The van der Waals surface area contributed by atoms with Crippen LogP contribution in [0.3, 0.4) is 0 Å². The Morgan fingerprint density at radius 3 is 2.52 bits per heavy atom. The van der Waals surface area contributed by atoms with Gasteiger partial charge in [0.2, 0.25) is 5.91 Å². The second-order valence-corrected chi connectivity index (χ2v) is 5.67. The normalized spacial score (nSPS) is 26.2. The van der Waals surface area contributed by atoms with Crippen molar-refractivity contribution in [2.75, 3.05) is 6.54 Å². The molecule has 0 radical (unpaired) electrons. The van der Waals surface area contributed by atoms with Gasteiger partial charge in [0.25, 0.3) is 5.91 Å². The minimum atomic E-state index is -0.821. The van der Waals surface area contributed by atoms with Gasteiger partial charge in [-0.05, 0) is 31.9 Å². The average Bonchev–Trinajstić information content (AvgIpc) is 2.49. The Balaban J connectivity index is 1.83. The van der Waals surface area contributed by atoms with Crippen LogP contribution in [-0.4, -0.2) is 30.2 Å². The van der Waals surface area contributed by atoms with Gasteiger partial charge in [-0.25, -0.2) is 0 Å². The lowest BCUT2D eigenvalue weighted by molar-refractivity contribution is -0.129. The summed E-state index contributed by atoms with van der Waals surface area (Å²) in [7, 11) is 0.